The van der Waals surface area contributed by atoms with E-state index >= 15 is 0 Å². The van der Waals surface area contributed by atoms with Gasteiger partial charge in [-0.05, 0) is 37.3 Å². The summed E-state index contributed by atoms with van der Waals surface area (Å²) in [5.41, 5.74) is 0.299. The molecular formula is C16H14Cl2N2O5. The van der Waals surface area contributed by atoms with Crippen molar-refractivity contribution in [2.75, 3.05) is 11.9 Å². The van der Waals surface area contributed by atoms with E-state index in [1.54, 1.807) is 12.1 Å². The highest BCUT2D eigenvalue weighted by Gasteiger charge is 2.20. The maximum atomic E-state index is 12.0. The summed E-state index contributed by atoms with van der Waals surface area (Å²) in [4.78, 5) is 35.4. The number of anilines is 1. The number of carbonyl (C=O) groups is 3. The number of amides is 2. The van der Waals surface area contributed by atoms with Gasteiger partial charge in [-0.15, -0.1) is 0 Å². The lowest BCUT2D eigenvalue weighted by Gasteiger charge is -2.14. The summed E-state index contributed by atoms with van der Waals surface area (Å²) in [6, 6.07) is 7.57. The predicted octanol–water partition coefficient (Wildman–Crippen LogP) is 2.89. The molecule has 0 aliphatic rings. The molecule has 0 fully saturated rings. The molecule has 0 saturated heterocycles. The topological polar surface area (TPSA) is 97.6 Å². The minimum absolute atomic E-state index is 0.0641. The van der Waals surface area contributed by atoms with Gasteiger partial charge in [0.1, 0.15) is 6.54 Å². The molecule has 25 heavy (non-hydrogen) atoms. The molecule has 1 aromatic carbocycles. The number of rotatable bonds is 6. The Morgan fingerprint density at radius 2 is 2.00 bits per heavy atom. The van der Waals surface area contributed by atoms with Crippen molar-refractivity contribution in [1.29, 1.82) is 0 Å². The van der Waals surface area contributed by atoms with E-state index in [2.05, 4.69) is 10.6 Å². The molecule has 1 aromatic heterocycles. The third-order valence-corrected chi connectivity index (χ3v) is 3.57. The van der Waals surface area contributed by atoms with Crippen LogP contribution in [0.15, 0.2) is 41.0 Å². The number of nitrogens with one attached hydrogen (secondary N) is 2. The number of ether oxygens (including phenoxy) is 1. The standard InChI is InChI=1S/C16H14Cl2N2O5/c1-9(15(22)20-12-7-10(17)4-5-11(12)18)25-14(21)8-19-16(23)13-3-2-6-24-13/h2-7,9H,8H2,1H3,(H,19,23)(H,20,22). The summed E-state index contributed by atoms with van der Waals surface area (Å²) in [6.07, 6.45) is 0.240. The highest BCUT2D eigenvalue weighted by atomic mass is 35.5. The quantitative estimate of drug-likeness (QED) is 0.746. The van der Waals surface area contributed by atoms with Gasteiger partial charge in [0.25, 0.3) is 11.8 Å². The lowest BCUT2D eigenvalue weighted by atomic mass is 10.3. The molecule has 132 valence electrons. The van der Waals surface area contributed by atoms with E-state index in [1.165, 1.54) is 31.4 Å². The lowest BCUT2D eigenvalue weighted by molar-refractivity contribution is -0.152. The molecule has 1 unspecified atom stereocenters. The van der Waals surface area contributed by atoms with Crippen LogP contribution in [-0.2, 0) is 14.3 Å². The van der Waals surface area contributed by atoms with Crippen LogP contribution in [0.5, 0.6) is 0 Å². The fraction of sp³-hybridized carbons (Fsp3) is 0.188. The van der Waals surface area contributed by atoms with E-state index in [-0.39, 0.29) is 5.76 Å². The fourth-order valence-electron chi connectivity index (χ4n) is 1.77. The molecule has 0 aliphatic carbocycles. The molecule has 2 aromatic rings. The van der Waals surface area contributed by atoms with Crippen LogP contribution in [0.2, 0.25) is 10.0 Å². The lowest BCUT2D eigenvalue weighted by Crippen LogP contribution is -2.35. The Morgan fingerprint density at radius 1 is 1.24 bits per heavy atom. The molecular weight excluding hydrogens is 371 g/mol. The zero-order valence-corrected chi connectivity index (χ0v) is 14.6. The Morgan fingerprint density at radius 3 is 2.68 bits per heavy atom. The number of furan rings is 1. The maximum Gasteiger partial charge on any atom is 0.326 e. The van der Waals surface area contributed by atoms with E-state index < -0.39 is 30.4 Å². The number of carbonyl (C=O) groups excluding carboxylic acids is 3. The first-order valence-electron chi connectivity index (χ1n) is 7.14. The van der Waals surface area contributed by atoms with Crippen molar-refractivity contribution in [2.24, 2.45) is 0 Å². The number of hydrogen-bond acceptors (Lipinski definition) is 5. The minimum atomic E-state index is -1.09. The Hall–Kier alpha value is -2.51. The summed E-state index contributed by atoms with van der Waals surface area (Å²) in [7, 11) is 0. The molecule has 2 N–H and O–H groups in total. The number of benzene rings is 1. The van der Waals surface area contributed by atoms with Crippen molar-refractivity contribution < 1.29 is 23.5 Å². The first-order valence-corrected chi connectivity index (χ1v) is 7.89. The maximum absolute atomic E-state index is 12.0. The van der Waals surface area contributed by atoms with Gasteiger partial charge < -0.3 is 19.8 Å². The van der Waals surface area contributed by atoms with Crippen molar-refractivity contribution >= 4 is 46.7 Å². The molecule has 0 saturated carbocycles. The Kier molecular flexibility index (Phi) is 6.44. The smallest absolute Gasteiger partial charge is 0.326 e. The highest BCUT2D eigenvalue weighted by Crippen LogP contribution is 2.25. The first kappa shape index (κ1) is 18.8. The van der Waals surface area contributed by atoms with Gasteiger partial charge in [0.15, 0.2) is 11.9 Å². The second-order valence-corrected chi connectivity index (χ2v) is 5.75. The van der Waals surface area contributed by atoms with E-state index in [0.29, 0.717) is 15.7 Å². The molecule has 0 bridgehead atoms. The molecule has 1 heterocycles. The SMILES string of the molecule is CC(OC(=O)CNC(=O)c1ccco1)C(=O)Nc1cc(Cl)ccc1Cl. The second kappa shape index (κ2) is 8.55. The van der Waals surface area contributed by atoms with Gasteiger partial charge in [-0.25, -0.2) is 0 Å². The van der Waals surface area contributed by atoms with Crippen LogP contribution in [0, 0.1) is 0 Å². The van der Waals surface area contributed by atoms with Gasteiger partial charge in [-0.1, -0.05) is 23.2 Å². The van der Waals surface area contributed by atoms with E-state index in [4.69, 9.17) is 32.4 Å². The third kappa shape index (κ3) is 5.51. The summed E-state index contributed by atoms with van der Waals surface area (Å²) in [6.45, 7) is 0.981. The minimum Gasteiger partial charge on any atom is -0.459 e. The van der Waals surface area contributed by atoms with E-state index in [1.807, 2.05) is 0 Å². The monoisotopic (exact) mass is 384 g/mol. The van der Waals surface area contributed by atoms with Crippen molar-refractivity contribution in [3.05, 3.63) is 52.4 Å². The summed E-state index contributed by atoms with van der Waals surface area (Å²) < 4.78 is 9.83. The van der Waals surface area contributed by atoms with Gasteiger partial charge in [0, 0.05) is 5.02 Å². The summed E-state index contributed by atoms with van der Waals surface area (Å²) in [5.74, 6) is -1.87. The highest BCUT2D eigenvalue weighted by molar-refractivity contribution is 6.35. The molecule has 0 aliphatic heterocycles. The van der Waals surface area contributed by atoms with Gasteiger partial charge in [0.05, 0.1) is 17.0 Å². The average molecular weight is 385 g/mol. The van der Waals surface area contributed by atoms with Crippen LogP contribution in [0.3, 0.4) is 0 Å². The van der Waals surface area contributed by atoms with Crippen LogP contribution in [0.1, 0.15) is 17.5 Å². The fourth-order valence-corrected chi connectivity index (χ4v) is 2.10. The molecule has 0 spiro atoms. The zero-order valence-electron chi connectivity index (χ0n) is 13.0. The van der Waals surface area contributed by atoms with E-state index in [9.17, 15) is 14.4 Å². The summed E-state index contributed by atoms with van der Waals surface area (Å²) in [5, 5.41) is 5.51. The van der Waals surface area contributed by atoms with Gasteiger partial charge >= 0.3 is 5.97 Å². The number of esters is 1. The largest absolute Gasteiger partial charge is 0.459 e. The van der Waals surface area contributed by atoms with Crippen LogP contribution < -0.4 is 10.6 Å². The van der Waals surface area contributed by atoms with Crippen LogP contribution in [0.25, 0.3) is 0 Å². The van der Waals surface area contributed by atoms with Gasteiger partial charge in [0.2, 0.25) is 0 Å². The van der Waals surface area contributed by atoms with Gasteiger partial charge in [-0.2, -0.15) is 0 Å². The zero-order chi connectivity index (χ0) is 18.4. The molecule has 7 nitrogen and oxygen atoms in total. The van der Waals surface area contributed by atoms with Crippen molar-refractivity contribution in [3.8, 4) is 0 Å². The summed E-state index contributed by atoms with van der Waals surface area (Å²) >= 11 is 11.8. The first-order chi connectivity index (χ1) is 11.9. The Bertz CT molecular complexity index is 777. The van der Waals surface area contributed by atoms with Crippen molar-refractivity contribution in [2.45, 2.75) is 13.0 Å². The van der Waals surface area contributed by atoms with Gasteiger partial charge in [-0.3, -0.25) is 14.4 Å². The average Bonchev–Trinajstić information content (AvgIpc) is 3.10. The van der Waals surface area contributed by atoms with Crippen LogP contribution in [-0.4, -0.2) is 30.4 Å². The number of hydrogen-bond donors (Lipinski definition) is 2. The molecule has 1 atom stereocenters. The molecule has 0 radical (unpaired) electrons. The second-order valence-electron chi connectivity index (χ2n) is 4.91. The normalized spacial score (nSPS) is 11.5. The van der Waals surface area contributed by atoms with Crippen LogP contribution >= 0.6 is 23.2 Å². The van der Waals surface area contributed by atoms with Crippen molar-refractivity contribution in [1.82, 2.24) is 5.32 Å². The Balaban J connectivity index is 1.82. The van der Waals surface area contributed by atoms with Crippen LogP contribution in [0.4, 0.5) is 5.69 Å². The predicted molar refractivity (Wildman–Crippen MR) is 91.7 cm³/mol. The number of halogens is 2. The molecule has 9 heteroatoms. The molecule has 2 amide bonds. The molecule has 2 rings (SSSR count). The van der Waals surface area contributed by atoms with E-state index in [0.717, 1.165) is 0 Å². The van der Waals surface area contributed by atoms with Crippen molar-refractivity contribution in [3.63, 3.8) is 0 Å². The third-order valence-electron chi connectivity index (χ3n) is 3.00. The Labute approximate surface area is 153 Å².